The van der Waals surface area contributed by atoms with Crippen molar-refractivity contribution < 1.29 is 0 Å². The molecule has 0 bridgehead atoms. The minimum atomic E-state index is 0.601. The van der Waals surface area contributed by atoms with E-state index in [2.05, 4.69) is 57.2 Å². The summed E-state index contributed by atoms with van der Waals surface area (Å²) in [6, 6.07) is 8.77. The molecule has 15 heavy (non-hydrogen) atoms. The molecule has 0 saturated heterocycles. The zero-order chi connectivity index (χ0) is 10.8. The van der Waals surface area contributed by atoms with Gasteiger partial charge in [0.25, 0.3) is 0 Å². The van der Waals surface area contributed by atoms with Gasteiger partial charge in [-0.3, -0.25) is 0 Å². The zero-order valence-corrected chi connectivity index (χ0v) is 9.75. The topological polar surface area (TPSA) is 0 Å². The highest BCUT2D eigenvalue weighted by Gasteiger charge is 2.17. The Hall–Kier alpha value is -1.30. The fourth-order valence-corrected chi connectivity index (χ4v) is 2.26. The molecule has 1 aliphatic rings. The van der Waals surface area contributed by atoms with Gasteiger partial charge in [-0.25, -0.2) is 0 Å². The molecular weight excluding hydrogens is 180 g/mol. The second-order valence-electron chi connectivity index (χ2n) is 4.37. The van der Waals surface area contributed by atoms with Gasteiger partial charge in [-0.15, -0.1) is 0 Å². The lowest BCUT2D eigenvalue weighted by Gasteiger charge is -2.22. The Bertz CT molecular complexity index is 417. The highest BCUT2D eigenvalue weighted by Crippen LogP contribution is 2.35. The molecule has 1 aromatic carbocycles. The van der Waals surface area contributed by atoms with Crippen LogP contribution in [-0.4, -0.2) is 0 Å². The van der Waals surface area contributed by atoms with Gasteiger partial charge in [0.05, 0.1) is 0 Å². The molecule has 0 N–H and O–H groups in total. The van der Waals surface area contributed by atoms with E-state index in [0.717, 1.165) is 0 Å². The summed E-state index contributed by atoms with van der Waals surface area (Å²) in [5, 5.41) is 0. The molecule has 0 radical (unpaired) electrons. The van der Waals surface area contributed by atoms with Crippen molar-refractivity contribution in [2.75, 3.05) is 0 Å². The molecule has 0 spiro atoms. The Morgan fingerprint density at radius 2 is 1.93 bits per heavy atom. The van der Waals surface area contributed by atoms with Gasteiger partial charge in [-0.1, -0.05) is 48.9 Å². The van der Waals surface area contributed by atoms with Crippen LogP contribution in [0, 0.1) is 0 Å². The summed E-state index contributed by atoms with van der Waals surface area (Å²) < 4.78 is 0. The van der Waals surface area contributed by atoms with Crippen molar-refractivity contribution in [1.82, 2.24) is 0 Å². The quantitative estimate of drug-likeness (QED) is 0.621. The Morgan fingerprint density at radius 1 is 1.20 bits per heavy atom. The van der Waals surface area contributed by atoms with Crippen molar-refractivity contribution in [3.8, 4) is 0 Å². The maximum absolute atomic E-state index is 2.34. The summed E-state index contributed by atoms with van der Waals surface area (Å²) in [6.07, 6.45) is 5.81. The van der Waals surface area contributed by atoms with Crippen molar-refractivity contribution in [3.63, 3.8) is 0 Å². The molecule has 0 saturated carbocycles. The van der Waals surface area contributed by atoms with Crippen LogP contribution in [-0.2, 0) is 0 Å². The van der Waals surface area contributed by atoms with Crippen LogP contribution in [0.5, 0.6) is 0 Å². The highest BCUT2D eigenvalue weighted by molar-refractivity contribution is 5.80. The molecule has 0 amide bonds. The van der Waals surface area contributed by atoms with Crippen molar-refractivity contribution in [2.45, 2.75) is 33.1 Å². The van der Waals surface area contributed by atoms with E-state index in [9.17, 15) is 0 Å². The molecule has 78 valence electrons. The molecule has 0 aliphatic heterocycles. The van der Waals surface area contributed by atoms with E-state index in [1.807, 2.05) is 0 Å². The predicted molar refractivity (Wildman–Crippen MR) is 66.9 cm³/mol. The first kappa shape index (κ1) is 10.2. The van der Waals surface area contributed by atoms with Gasteiger partial charge >= 0.3 is 0 Å². The lowest BCUT2D eigenvalue weighted by molar-refractivity contribution is 0.797. The molecule has 1 unspecified atom stereocenters. The maximum Gasteiger partial charge on any atom is 0.00248 e. The summed E-state index contributed by atoms with van der Waals surface area (Å²) in [5.74, 6) is 0.601. The number of benzene rings is 1. The number of hydrogen-bond donors (Lipinski definition) is 0. The monoisotopic (exact) mass is 198 g/mol. The number of allylic oxidation sites excluding steroid dienone is 4. The van der Waals surface area contributed by atoms with Crippen LogP contribution in [0.1, 0.15) is 44.2 Å². The summed E-state index contributed by atoms with van der Waals surface area (Å²) in [4.78, 5) is 0. The predicted octanol–water partition coefficient (Wildman–Crippen LogP) is 4.54. The van der Waals surface area contributed by atoms with Gasteiger partial charge in [0, 0.05) is 5.92 Å². The third kappa shape index (κ3) is 1.77. The van der Waals surface area contributed by atoms with Crippen LogP contribution in [0.2, 0.25) is 0 Å². The van der Waals surface area contributed by atoms with E-state index >= 15 is 0 Å². The Kier molecular flexibility index (Phi) is 2.77. The normalized spacial score (nSPS) is 18.9. The SMILES string of the molecule is CCC1C=CC(=C(C)C)c2ccccc21. The summed E-state index contributed by atoms with van der Waals surface area (Å²) in [7, 11) is 0. The zero-order valence-electron chi connectivity index (χ0n) is 9.75. The van der Waals surface area contributed by atoms with Crippen molar-refractivity contribution in [1.29, 1.82) is 0 Å². The number of rotatable bonds is 1. The first-order chi connectivity index (χ1) is 7.24. The van der Waals surface area contributed by atoms with Gasteiger partial charge in [0.15, 0.2) is 0 Å². The standard InChI is InChI=1S/C15H18/c1-4-12-9-10-13(11(2)3)15-8-6-5-7-14(12)15/h5-10,12H,4H2,1-3H3. The molecule has 2 rings (SSSR count). The minimum absolute atomic E-state index is 0.601. The van der Waals surface area contributed by atoms with Gasteiger partial charge in [0.2, 0.25) is 0 Å². The van der Waals surface area contributed by atoms with Crippen LogP contribution in [0.4, 0.5) is 0 Å². The smallest absolute Gasteiger partial charge is 0.00248 e. The summed E-state index contributed by atoms with van der Waals surface area (Å²) >= 11 is 0. The highest BCUT2D eigenvalue weighted by atomic mass is 14.2. The van der Waals surface area contributed by atoms with E-state index in [1.54, 1.807) is 0 Å². The largest absolute Gasteiger partial charge is 0.0764 e. The van der Waals surface area contributed by atoms with Crippen LogP contribution in [0.25, 0.3) is 5.57 Å². The fraction of sp³-hybridized carbons (Fsp3) is 0.333. The van der Waals surface area contributed by atoms with Crippen LogP contribution in [0.15, 0.2) is 42.0 Å². The molecule has 0 fully saturated rings. The molecule has 0 heterocycles. The van der Waals surface area contributed by atoms with Crippen LogP contribution < -0.4 is 0 Å². The molecule has 1 aliphatic carbocycles. The van der Waals surface area contributed by atoms with Crippen molar-refractivity contribution in [3.05, 3.63) is 53.1 Å². The second kappa shape index (κ2) is 4.06. The van der Waals surface area contributed by atoms with Crippen molar-refractivity contribution in [2.24, 2.45) is 0 Å². The van der Waals surface area contributed by atoms with E-state index in [1.165, 1.54) is 28.7 Å². The van der Waals surface area contributed by atoms with Gasteiger partial charge in [-0.2, -0.15) is 0 Å². The van der Waals surface area contributed by atoms with Crippen LogP contribution in [0.3, 0.4) is 0 Å². The first-order valence-corrected chi connectivity index (χ1v) is 5.69. The molecule has 1 atom stereocenters. The van der Waals surface area contributed by atoms with E-state index in [0.29, 0.717) is 5.92 Å². The average Bonchev–Trinajstić information content (AvgIpc) is 2.27. The maximum atomic E-state index is 2.34. The molecular formula is C15H18. The molecule has 0 nitrogen and oxygen atoms in total. The summed E-state index contributed by atoms with van der Waals surface area (Å²) in [5.41, 5.74) is 5.70. The molecule has 1 aromatic rings. The van der Waals surface area contributed by atoms with E-state index < -0.39 is 0 Å². The second-order valence-corrected chi connectivity index (χ2v) is 4.37. The number of fused-ring (bicyclic) bond motifs is 1. The third-order valence-electron chi connectivity index (χ3n) is 3.12. The Labute approximate surface area is 92.3 Å². The molecule has 0 aromatic heterocycles. The number of hydrogen-bond acceptors (Lipinski definition) is 0. The van der Waals surface area contributed by atoms with Gasteiger partial charge < -0.3 is 0 Å². The minimum Gasteiger partial charge on any atom is -0.0764 e. The van der Waals surface area contributed by atoms with Gasteiger partial charge in [0.1, 0.15) is 0 Å². The molecule has 0 heteroatoms. The van der Waals surface area contributed by atoms with Crippen LogP contribution >= 0.6 is 0 Å². The Morgan fingerprint density at radius 3 is 2.60 bits per heavy atom. The summed E-state index contributed by atoms with van der Waals surface area (Å²) in [6.45, 7) is 6.62. The lowest BCUT2D eigenvalue weighted by atomic mass is 9.82. The first-order valence-electron chi connectivity index (χ1n) is 5.69. The third-order valence-corrected chi connectivity index (χ3v) is 3.12. The van der Waals surface area contributed by atoms with Crippen molar-refractivity contribution >= 4 is 5.57 Å². The van der Waals surface area contributed by atoms with E-state index in [4.69, 9.17) is 0 Å². The Balaban J connectivity index is 2.60. The average molecular weight is 198 g/mol. The fourth-order valence-electron chi connectivity index (χ4n) is 2.26. The van der Waals surface area contributed by atoms with E-state index in [-0.39, 0.29) is 0 Å². The van der Waals surface area contributed by atoms with Gasteiger partial charge in [-0.05, 0) is 37.0 Å². The lowest BCUT2D eigenvalue weighted by Crippen LogP contribution is -2.03.